The number of sulfonamides is 1. The van der Waals surface area contributed by atoms with Gasteiger partial charge in [-0.2, -0.15) is 4.31 Å². The van der Waals surface area contributed by atoms with Gasteiger partial charge in [0.15, 0.2) is 0 Å². The first-order chi connectivity index (χ1) is 11.3. The predicted molar refractivity (Wildman–Crippen MR) is 92.4 cm³/mol. The Balaban J connectivity index is 1.71. The van der Waals surface area contributed by atoms with E-state index in [0.717, 1.165) is 22.1 Å². The molecule has 1 aromatic carbocycles. The lowest BCUT2D eigenvalue weighted by Crippen LogP contribution is -2.50. The van der Waals surface area contributed by atoms with Crippen molar-refractivity contribution in [3.05, 3.63) is 35.1 Å². The van der Waals surface area contributed by atoms with Crippen LogP contribution in [0.25, 0.3) is 11.0 Å². The molecule has 6 nitrogen and oxygen atoms in total. The van der Waals surface area contributed by atoms with Crippen LogP contribution in [-0.2, 0) is 21.2 Å². The molecule has 1 fully saturated rings. The van der Waals surface area contributed by atoms with Gasteiger partial charge < -0.3 is 9.32 Å². The number of benzene rings is 1. The van der Waals surface area contributed by atoms with Crippen molar-refractivity contribution in [3.8, 4) is 0 Å². The normalized spacial score (nSPS) is 16.7. The minimum absolute atomic E-state index is 0.00378. The standard InChI is InChI=1S/C17H22N2O4S/c1-12-8-15-14(11-23-16(15)9-13(12)2)10-17(20)18-4-6-19(7-5-18)24(3,21)22/h8-9,11H,4-7,10H2,1-3H3. The molecule has 0 atom stereocenters. The van der Waals surface area contributed by atoms with Gasteiger partial charge in [-0.15, -0.1) is 0 Å². The number of fused-ring (bicyclic) bond motifs is 1. The fourth-order valence-electron chi connectivity index (χ4n) is 3.02. The zero-order valence-electron chi connectivity index (χ0n) is 14.2. The smallest absolute Gasteiger partial charge is 0.227 e. The molecule has 0 bridgehead atoms. The van der Waals surface area contributed by atoms with Gasteiger partial charge in [-0.1, -0.05) is 0 Å². The highest BCUT2D eigenvalue weighted by Gasteiger charge is 2.26. The highest BCUT2D eigenvalue weighted by molar-refractivity contribution is 7.88. The molecule has 1 saturated heterocycles. The first-order valence-corrected chi connectivity index (χ1v) is 9.81. The first-order valence-electron chi connectivity index (χ1n) is 7.96. The van der Waals surface area contributed by atoms with Crippen molar-refractivity contribution in [2.75, 3.05) is 32.4 Å². The summed E-state index contributed by atoms with van der Waals surface area (Å²) >= 11 is 0. The molecule has 2 heterocycles. The number of hydrogen-bond acceptors (Lipinski definition) is 4. The zero-order valence-corrected chi connectivity index (χ0v) is 15.0. The Morgan fingerprint density at radius 2 is 1.75 bits per heavy atom. The van der Waals surface area contributed by atoms with E-state index in [1.54, 1.807) is 11.2 Å². The van der Waals surface area contributed by atoms with Crippen LogP contribution >= 0.6 is 0 Å². The van der Waals surface area contributed by atoms with Gasteiger partial charge in [-0.3, -0.25) is 4.79 Å². The summed E-state index contributed by atoms with van der Waals surface area (Å²) in [4.78, 5) is 14.3. The Hall–Kier alpha value is -1.86. The number of carbonyl (C=O) groups is 1. The van der Waals surface area contributed by atoms with E-state index in [2.05, 4.69) is 6.07 Å². The maximum Gasteiger partial charge on any atom is 0.227 e. The van der Waals surface area contributed by atoms with Gasteiger partial charge in [0.05, 0.1) is 18.9 Å². The van der Waals surface area contributed by atoms with Gasteiger partial charge >= 0.3 is 0 Å². The van der Waals surface area contributed by atoms with Crippen LogP contribution in [0.2, 0.25) is 0 Å². The lowest BCUT2D eigenvalue weighted by Gasteiger charge is -2.33. The predicted octanol–water partition coefficient (Wildman–Crippen LogP) is 1.70. The van der Waals surface area contributed by atoms with Crippen molar-refractivity contribution < 1.29 is 17.6 Å². The molecule has 130 valence electrons. The minimum atomic E-state index is -3.18. The largest absolute Gasteiger partial charge is 0.464 e. The molecular formula is C17H22N2O4S. The van der Waals surface area contributed by atoms with Gasteiger partial charge in [0.2, 0.25) is 15.9 Å². The second kappa shape index (κ2) is 6.22. The van der Waals surface area contributed by atoms with Crippen LogP contribution in [0.1, 0.15) is 16.7 Å². The van der Waals surface area contributed by atoms with Crippen LogP contribution in [0.4, 0.5) is 0 Å². The molecule has 7 heteroatoms. The van der Waals surface area contributed by atoms with Crippen LogP contribution < -0.4 is 0 Å². The lowest BCUT2D eigenvalue weighted by atomic mass is 10.0. The zero-order chi connectivity index (χ0) is 17.5. The second-order valence-electron chi connectivity index (χ2n) is 6.41. The Morgan fingerprint density at radius 3 is 2.38 bits per heavy atom. The van der Waals surface area contributed by atoms with E-state index < -0.39 is 10.0 Å². The number of aryl methyl sites for hydroxylation is 2. The molecule has 3 rings (SSSR count). The van der Waals surface area contributed by atoms with E-state index in [9.17, 15) is 13.2 Å². The number of hydrogen-bond donors (Lipinski definition) is 0. The highest BCUT2D eigenvalue weighted by Crippen LogP contribution is 2.25. The number of carbonyl (C=O) groups excluding carboxylic acids is 1. The first kappa shape index (κ1) is 17.0. The third kappa shape index (κ3) is 3.32. The van der Waals surface area contributed by atoms with Crippen LogP contribution in [0.15, 0.2) is 22.8 Å². The molecule has 1 aliphatic rings. The summed E-state index contributed by atoms with van der Waals surface area (Å²) in [5.41, 5.74) is 4.00. The summed E-state index contributed by atoms with van der Waals surface area (Å²) in [7, 11) is -3.18. The third-order valence-electron chi connectivity index (χ3n) is 4.67. The summed E-state index contributed by atoms with van der Waals surface area (Å²) in [5, 5.41) is 0.973. The van der Waals surface area contributed by atoms with Crippen LogP contribution in [0, 0.1) is 13.8 Å². The fourth-order valence-corrected chi connectivity index (χ4v) is 3.84. The molecule has 0 N–H and O–H groups in total. The Morgan fingerprint density at radius 1 is 1.12 bits per heavy atom. The van der Waals surface area contributed by atoms with Crippen molar-refractivity contribution in [2.45, 2.75) is 20.3 Å². The van der Waals surface area contributed by atoms with Gasteiger partial charge in [-0.25, -0.2) is 8.42 Å². The van der Waals surface area contributed by atoms with Gasteiger partial charge in [-0.05, 0) is 37.1 Å². The monoisotopic (exact) mass is 350 g/mol. The minimum Gasteiger partial charge on any atom is -0.464 e. The quantitative estimate of drug-likeness (QED) is 0.845. The van der Waals surface area contributed by atoms with Crippen LogP contribution in [0.3, 0.4) is 0 Å². The Kier molecular flexibility index (Phi) is 4.40. The number of rotatable bonds is 3. The number of furan rings is 1. The van der Waals surface area contributed by atoms with E-state index in [4.69, 9.17) is 4.42 Å². The maximum atomic E-state index is 12.5. The molecule has 0 spiro atoms. The Labute approximate surface area is 142 Å². The highest BCUT2D eigenvalue weighted by atomic mass is 32.2. The van der Waals surface area contributed by atoms with Crippen molar-refractivity contribution >= 4 is 26.9 Å². The SMILES string of the molecule is Cc1cc2occ(CC(=O)N3CCN(S(C)(=O)=O)CC3)c2cc1C. The van der Waals surface area contributed by atoms with E-state index >= 15 is 0 Å². The van der Waals surface area contributed by atoms with E-state index in [-0.39, 0.29) is 12.3 Å². The topological polar surface area (TPSA) is 70.8 Å². The molecule has 1 aliphatic heterocycles. The van der Waals surface area contributed by atoms with Gasteiger partial charge in [0, 0.05) is 37.1 Å². The van der Waals surface area contributed by atoms with E-state index in [1.807, 2.05) is 19.9 Å². The molecule has 0 radical (unpaired) electrons. The average molecular weight is 350 g/mol. The summed E-state index contributed by atoms with van der Waals surface area (Å²) in [6.45, 7) is 5.64. The lowest BCUT2D eigenvalue weighted by molar-refractivity contribution is -0.131. The summed E-state index contributed by atoms with van der Waals surface area (Å²) in [6, 6.07) is 4.04. The van der Waals surface area contributed by atoms with E-state index in [1.165, 1.54) is 16.1 Å². The number of amides is 1. The van der Waals surface area contributed by atoms with Crippen molar-refractivity contribution in [1.82, 2.24) is 9.21 Å². The molecule has 2 aromatic rings. The van der Waals surface area contributed by atoms with Crippen molar-refractivity contribution in [3.63, 3.8) is 0 Å². The fraction of sp³-hybridized carbons (Fsp3) is 0.471. The van der Waals surface area contributed by atoms with Gasteiger partial charge in [0.1, 0.15) is 5.58 Å². The van der Waals surface area contributed by atoms with E-state index in [0.29, 0.717) is 26.2 Å². The van der Waals surface area contributed by atoms with Crippen molar-refractivity contribution in [2.24, 2.45) is 0 Å². The van der Waals surface area contributed by atoms with Crippen LogP contribution in [-0.4, -0.2) is 56.0 Å². The summed E-state index contributed by atoms with van der Waals surface area (Å²) in [5.74, 6) is 0.00378. The average Bonchev–Trinajstić information content (AvgIpc) is 2.89. The third-order valence-corrected chi connectivity index (χ3v) is 5.98. The summed E-state index contributed by atoms with van der Waals surface area (Å²) < 4.78 is 30.1. The van der Waals surface area contributed by atoms with Crippen molar-refractivity contribution in [1.29, 1.82) is 0 Å². The molecule has 24 heavy (non-hydrogen) atoms. The molecule has 0 unspecified atom stereocenters. The maximum absolute atomic E-state index is 12.5. The Bertz CT molecular complexity index is 877. The molecule has 1 aromatic heterocycles. The van der Waals surface area contributed by atoms with Gasteiger partial charge in [0.25, 0.3) is 0 Å². The summed E-state index contributed by atoms with van der Waals surface area (Å²) in [6.07, 6.45) is 3.12. The molecular weight excluding hydrogens is 328 g/mol. The molecule has 1 amide bonds. The number of nitrogens with zero attached hydrogens (tertiary/aromatic N) is 2. The second-order valence-corrected chi connectivity index (χ2v) is 8.40. The number of piperazine rings is 1. The molecule has 0 aliphatic carbocycles. The van der Waals surface area contributed by atoms with Crippen LogP contribution in [0.5, 0.6) is 0 Å². The molecule has 0 saturated carbocycles.